The van der Waals surface area contributed by atoms with Gasteiger partial charge in [-0.1, -0.05) is 6.58 Å². The van der Waals surface area contributed by atoms with Crippen molar-refractivity contribution < 1.29 is 19.0 Å². The molecular weight excluding hydrogens is 220 g/mol. The van der Waals surface area contributed by atoms with Crippen LogP contribution in [0.5, 0.6) is 0 Å². The summed E-state index contributed by atoms with van der Waals surface area (Å²) in [4.78, 5) is 11.4. The van der Waals surface area contributed by atoms with Crippen LogP contribution in [0.25, 0.3) is 0 Å². The summed E-state index contributed by atoms with van der Waals surface area (Å²) in [7, 11) is 3.27. The molecule has 1 saturated carbocycles. The summed E-state index contributed by atoms with van der Waals surface area (Å²) < 4.78 is 16.5. The van der Waals surface area contributed by atoms with Gasteiger partial charge in [-0.2, -0.15) is 0 Å². The third-order valence-corrected chi connectivity index (χ3v) is 3.79. The Kier molecular flexibility index (Phi) is 4.33. The van der Waals surface area contributed by atoms with Gasteiger partial charge < -0.3 is 14.2 Å². The molecule has 0 aromatic heterocycles. The molecule has 17 heavy (non-hydrogen) atoms. The van der Waals surface area contributed by atoms with Crippen molar-refractivity contribution in [1.29, 1.82) is 0 Å². The number of esters is 1. The highest BCUT2D eigenvalue weighted by Gasteiger charge is 2.52. The van der Waals surface area contributed by atoms with Crippen LogP contribution in [0.2, 0.25) is 0 Å². The van der Waals surface area contributed by atoms with Crippen molar-refractivity contribution in [1.82, 2.24) is 0 Å². The lowest BCUT2D eigenvalue weighted by molar-refractivity contribution is -0.223. The van der Waals surface area contributed by atoms with Gasteiger partial charge in [0.1, 0.15) is 11.2 Å². The molecule has 98 valence electrons. The molecule has 0 radical (unpaired) electrons. The fraction of sp³-hybridized carbons (Fsp3) is 0.769. The topological polar surface area (TPSA) is 44.8 Å². The fourth-order valence-electron chi connectivity index (χ4n) is 2.53. The summed E-state index contributed by atoms with van der Waals surface area (Å²) in [6, 6.07) is 0. The minimum absolute atomic E-state index is 0.427. The van der Waals surface area contributed by atoms with E-state index in [9.17, 15) is 4.79 Å². The molecule has 2 unspecified atom stereocenters. The molecule has 0 spiro atoms. The second kappa shape index (κ2) is 5.19. The van der Waals surface area contributed by atoms with Crippen LogP contribution in [0.1, 0.15) is 33.1 Å². The SMILES string of the molecule is C=CC(=O)OC1C(C)(OC)CCCC1(C)OC. The number of rotatable bonds is 4. The maximum atomic E-state index is 11.4. The number of hydrogen-bond donors (Lipinski definition) is 0. The zero-order valence-corrected chi connectivity index (χ0v) is 11.1. The molecule has 1 aliphatic carbocycles. The van der Waals surface area contributed by atoms with E-state index >= 15 is 0 Å². The highest BCUT2D eigenvalue weighted by molar-refractivity contribution is 5.81. The highest BCUT2D eigenvalue weighted by Crippen LogP contribution is 2.41. The zero-order chi connectivity index (χ0) is 13.1. The Morgan fingerprint density at radius 3 is 2.06 bits per heavy atom. The lowest BCUT2D eigenvalue weighted by Crippen LogP contribution is -2.60. The van der Waals surface area contributed by atoms with Gasteiger partial charge in [0, 0.05) is 20.3 Å². The molecule has 0 aromatic rings. The van der Waals surface area contributed by atoms with E-state index in [0.29, 0.717) is 0 Å². The highest BCUT2D eigenvalue weighted by atomic mass is 16.6. The van der Waals surface area contributed by atoms with Crippen LogP contribution >= 0.6 is 0 Å². The van der Waals surface area contributed by atoms with Crippen LogP contribution in [0.15, 0.2) is 12.7 Å². The number of hydrogen-bond acceptors (Lipinski definition) is 4. The molecule has 1 rings (SSSR count). The predicted octanol–water partition coefficient (Wildman–Crippen LogP) is 2.08. The molecule has 4 nitrogen and oxygen atoms in total. The van der Waals surface area contributed by atoms with E-state index in [0.717, 1.165) is 19.3 Å². The Morgan fingerprint density at radius 1 is 1.24 bits per heavy atom. The predicted molar refractivity (Wildman–Crippen MR) is 64.8 cm³/mol. The Morgan fingerprint density at radius 2 is 1.71 bits per heavy atom. The molecule has 0 aromatic carbocycles. The largest absolute Gasteiger partial charge is 0.453 e. The minimum Gasteiger partial charge on any atom is -0.453 e. The number of carbonyl (C=O) groups is 1. The van der Waals surface area contributed by atoms with Crippen molar-refractivity contribution >= 4 is 5.97 Å². The lowest BCUT2D eigenvalue weighted by Gasteiger charge is -2.49. The number of methoxy groups -OCH3 is 2. The Balaban J connectivity index is 3.00. The van der Waals surface area contributed by atoms with Crippen molar-refractivity contribution in [3.05, 3.63) is 12.7 Å². The zero-order valence-electron chi connectivity index (χ0n) is 11.1. The molecular formula is C13H22O4. The Bertz CT molecular complexity index is 284. The molecule has 2 atom stereocenters. The van der Waals surface area contributed by atoms with Crippen LogP contribution in [-0.4, -0.2) is 37.5 Å². The molecule has 0 amide bonds. The maximum absolute atomic E-state index is 11.4. The van der Waals surface area contributed by atoms with Crippen molar-refractivity contribution in [3.63, 3.8) is 0 Å². The van der Waals surface area contributed by atoms with Gasteiger partial charge in [-0.05, 0) is 33.1 Å². The summed E-state index contributed by atoms with van der Waals surface area (Å²) >= 11 is 0. The first kappa shape index (κ1) is 14.2. The second-order valence-corrected chi connectivity index (χ2v) is 4.91. The Labute approximate surface area is 103 Å². The molecule has 0 saturated heterocycles. The standard InChI is InChI=1S/C13H22O4/c1-6-10(14)17-11-12(2,15-4)8-7-9-13(11,3)16-5/h6,11H,1,7-9H2,2-5H3. The maximum Gasteiger partial charge on any atom is 0.330 e. The molecule has 1 fully saturated rings. The quantitative estimate of drug-likeness (QED) is 0.559. The average molecular weight is 242 g/mol. The Hall–Kier alpha value is -0.870. The van der Waals surface area contributed by atoms with Gasteiger partial charge in [-0.15, -0.1) is 0 Å². The first-order valence-electron chi connectivity index (χ1n) is 5.85. The van der Waals surface area contributed by atoms with Gasteiger partial charge in [0.2, 0.25) is 0 Å². The van der Waals surface area contributed by atoms with Gasteiger partial charge in [-0.3, -0.25) is 0 Å². The molecule has 0 bridgehead atoms. The van der Waals surface area contributed by atoms with Crippen LogP contribution < -0.4 is 0 Å². The van der Waals surface area contributed by atoms with E-state index in [2.05, 4.69) is 6.58 Å². The fourth-order valence-corrected chi connectivity index (χ4v) is 2.53. The van der Waals surface area contributed by atoms with E-state index < -0.39 is 23.3 Å². The molecule has 1 aliphatic rings. The molecule has 0 aliphatic heterocycles. The van der Waals surface area contributed by atoms with E-state index in [1.165, 1.54) is 6.08 Å². The monoisotopic (exact) mass is 242 g/mol. The first-order valence-corrected chi connectivity index (χ1v) is 5.85. The smallest absolute Gasteiger partial charge is 0.330 e. The van der Waals surface area contributed by atoms with Crippen LogP contribution in [0.4, 0.5) is 0 Å². The van der Waals surface area contributed by atoms with Crippen LogP contribution in [0, 0.1) is 0 Å². The summed E-state index contributed by atoms with van der Waals surface area (Å²) in [5.41, 5.74) is -1.02. The summed E-state index contributed by atoms with van der Waals surface area (Å²) in [6.45, 7) is 7.31. The summed E-state index contributed by atoms with van der Waals surface area (Å²) in [5, 5.41) is 0. The molecule has 0 N–H and O–H groups in total. The van der Waals surface area contributed by atoms with Gasteiger partial charge in [0.15, 0.2) is 6.10 Å². The van der Waals surface area contributed by atoms with E-state index in [-0.39, 0.29) is 0 Å². The van der Waals surface area contributed by atoms with Gasteiger partial charge in [-0.25, -0.2) is 4.79 Å². The third-order valence-electron chi connectivity index (χ3n) is 3.79. The summed E-state index contributed by atoms with van der Waals surface area (Å²) in [6.07, 6.45) is 3.41. The average Bonchev–Trinajstić information content (AvgIpc) is 2.34. The third kappa shape index (κ3) is 2.69. The number of carbonyl (C=O) groups excluding carboxylic acids is 1. The van der Waals surface area contributed by atoms with Gasteiger partial charge >= 0.3 is 5.97 Å². The van der Waals surface area contributed by atoms with Crippen molar-refractivity contribution in [2.75, 3.05) is 14.2 Å². The van der Waals surface area contributed by atoms with Crippen molar-refractivity contribution in [2.24, 2.45) is 0 Å². The van der Waals surface area contributed by atoms with Crippen molar-refractivity contribution in [3.8, 4) is 0 Å². The van der Waals surface area contributed by atoms with Crippen LogP contribution in [0.3, 0.4) is 0 Å². The normalized spacial score (nSPS) is 37.5. The van der Waals surface area contributed by atoms with E-state index in [1.54, 1.807) is 14.2 Å². The lowest BCUT2D eigenvalue weighted by atomic mass is 9.74. The van der Waals surface area contributed by atoms with Crippen molar-refractivity contribution in [2.45, 2.75) is 50.4 Å². The van der Waals surface area contributed by atoms with E-state index in [4.69, 9.17) is 14.2 Å². The second-order valence-electron chi connectivity index (χ2n) is 4.91. The van der Waals surface area contributed by atoms with E-state index in [1.807, 2.05) is 13.8 Å². The number of ether oxygens (including phenoxy) is 3. The molecule has 0 heterocycles. The van der Waals surface area contributed by atoms with Gasteiger partial charge in [0.25, 0.3) is 0 Å². The first-order chi connectivity index (χ1) is 7.91. The summed E-state index contributed by atoms with van der Waals surface area (Å²) in [5.74, 6) is -0.441. The molecule has 4 heteroatoms. The minimum atomic E-state index is -0.512. The van der Waals surface area contributed by atoms with Gasteiger partial charge in [0.05, 0.1) is 0 Å². The van der Waals surface area contributed by atoms with Crippen LogP contribution in [-0.2, 0) is 19.0 Å².